The number of methoxy groups -OCH3 is 1. The molecule has 0 unspecified atom stereocenters. The number of rotatable bonds is 3. The van der Waals surface area contributed by atoms with Gasteiger partial charge in [0.25, 0.3) is 0 Å². The number of hydrogen-bond donors (Lipinski definition) is 1. The Balaban J connectivity index is 1.83. The standard InChI is InChI=1S/C13H12N2O4S/c1-7-11(12(16)17-2)15-13(20-7)14-8-3-4-9-10(5-8)19-6-18-9/h3-5H,6H2,1-2H3,(H,14,15). The van der Waals surface area contributed by atoms with Crippen LogP contribution in [0.4, 0.5) is 10.8 Å². The number of nitrogens with one attached hydrogen (secondary N) is 1. The first-order chi connectivity index (χ1) is 9.67. The monoisotopic (exact) mass is 292 g/mol. The zero-order valence-electron chi connectivity index (χ0n) is 10.9. The van der Waals surface area contributed by atoms with Gasteiger partial charge >= 0.3 is 5.97 Å². The number of nitrogens with zero attached hydrogens (tertiary/aromatic N) is 1. The molecule has 7 heteroatoms. The van der Waals surface area contributed by atoms with Crippen LogP contribution in [0.1, 0.15) is 15.4 Å². The second-order valence-electron chi connectivity index (χ2n) is 4.11. The molecule has 1 N–H and O–H groups in total. The molecule has 0 aliphatic carbocycles. The van der Waals surface area contributed by atoms with Gasteiger partial charge in [-0.2, -0.15) is 0 Å². The second kappa shape index (κ2) is 5.01. The Morgan fingerprint density at radius 3 is 3.00 bits per heavy atom. The predicted molar refractivity (Wildman–Crippen MR) is 74.0 cm³/mol. The van der Waals surface area contributed by atoms with E-state index in [1.807, 2.05) is 25.1 Å². The first-order valence-electron chi connectivity index (χ1n) is 5.90. The minimum Gasteiger partial charge on any atom is -0.464 e. The lowest BCUT2D eigenvalue weighted by Gasteiger charge is -2.03. The molecule has 0 saturated heterocycles. The molecule has 0 bridgehead atoms. The molecule has 0 fully saturated rings. The Bertz CT molecular complexity index is 668. The zero-order valence-corrected chi connectivity index (χ0v) is 11.7. The van der Waals surface area contributed by atoms with Crippen LogP contribution in [-0.4, -0.2) is 24.9 Å². The molecule has 0 amide bonds. The normalized spacial score (nSPS) is 12.3. The van der Waals surface area contributed by atoms with Gasteiger partial charge < -0.3 is 19.5 Å². The number of ether oxygens (including phenoxy) is 3. The van der Waals surface area contributed by atoms with Crippen molar-refractivity contribution in [3.63, 3.8) is 0 Å². The van der Waals surface area contributed by atoms with E-state index in [-0.39, 0.29) is 6.79 Å². The molecule has 1 aromatic heterocycles. The van der Waals surface area contributed by atoms with Gasteiger partial charge in [0.05, 0.1) is 7.11 Å². The van der Waals surface area contributed by atoms with E-state index in [1.54, 1.807) is 0 Å². The highest BCUT2D eigenvalue weighted by molar-refractivity contribution is 7.15. The molecule has 2 heterocycles. The number of carbonyl (C=O) groups is 1. The van der Waals surface area contributed by atoms with Crippen LogP contribution in [0.15, 0.2) is 18.2 Å². The van der Waals surface area contributed by atoms with Crippen molar-refractivity contribution in [3.05, 3.63) is 28.8 Å². The van der Waals surface area contributed by atoms with E-state index in [2.05, 4.69) is 15.0 Å². The second-order valence-corrected chi connectivity index (χ2v) is 5.31. The molecule has 1 aromatic carbocycles. The Labute approximate surface area is 119 Å². The van der Waals surface area contributed by atoms with Crippen molar-refractivity contribution in [1.82, 2.24) is 4.98 Å². The van der Waals surface area contributed by atoms with E-state index in [1.165, 1.54) is 18.4 Å². The molecule has 104 valence electrons. The zero-order chi connectivity index (χ0) is 14.1. The highest BCUT2D eigenvalue weighted by Gasteiger charge is 2.17. The molecule has 0 saturated carbocycles. The average molecular weight is 292 g/mol. The van der Waals surface area contributed by atoms with Gasteiger partial charge in [-0.25, -0.2) is 9.78 Å². The van der Waals surface area contributed by atoms with E-state index in [9.17, 15) is 4.79 Å². The number of carbonyl (C=O) groups excluding carboxylic acids is 1. The van der Waals surface area contributed by atoms with Gasteiger partial charge in [0.1, 0.15) is 0 Å². The summed E-state index contributed by atoms with van der Waals surface area (Å²) in [6, 6.07) is 5.52. The minimum atomic E-state index is -0.433. The molecule has 2 aromatic rings. The Hall–Kier alpha value is -2.28. The lowest BCUT2D eigenvalue weighted by atomic mass is 10.3. The molecule has 1 aliphatic heterocycles. The van der Waals surface area contributed by atoms with Crippen LogP contribution in [0.2, 0.25) is 0 Å². The molecule has 1 aliphatic rings. The summed E-state index contributed by atoms with van der Waals surface area (Å²) in [5.74, 6) is 0.982. The van der Waals surface area contributed by atoms with Crippen LogP contribution in [-0.2, 0) is 4.74 Å². The molecular weight excluding hydrogens is 280 g/mol. The highest BCUT2D eigenvalue weighted by atomic mass is 32.1. The number of thiazole rings is 1. The maximum atomic E-state index is 11.5. The average Bonchev–Trinajstić information content (AvgIpc) is 3.04. The molecule has 0 radical (unpaired) electrons. The van der Waals surface area contributed by atoms with Crippen LogP contribution >= 0.6 is 11.3 Å². The van der Waals surface area contributed by atoms with E-state index >= 15 is 0 Å². The third-order valence-corrected chi connectivity index (χ3v) is 3.69. The van der Waals surface area contributed by atoms with Gasteiger partial charge in [-0.05, 0) is 19.1 Å². The van der Waals surface area contributed by atoms with E-state index in [0.717, 1.165) is 16.3 Å². The fourth-order valence-electron chi connectivity index (χ4n) is 1.83. The number of anilines is 2. The summed E-state index contributed by atoms with van der Waals surface area (Å²) in [6.45, 7) is 2.07. The topological polar surface area (TPSA) is 69.7 Å². The maximum Gasteiger partial charge on any atom is 0.357 e. The number of aromatic nitrogens is 1. The Morgan fingerprint density at radius 2 is 2.20 bits per heavy atom. The molecule has 20 heavy (non-hydrogen) atoms. The first-order valence-corrected chi connectivity index (χ1v) is 6.71. The maximum absolute atomic E-state index is 11.5. The van der Waals surface area contributed by atoms with E-state index in [0.29, 0.717) is 16.6 Å². The van der Waals surface area contributed by atoms with E-state index < -0.39 is 5.97 Å². The van der Waals surface area contributed by atoms with Crippen LogP contribution in [0.5, 0.6) is 11.5 Å². The Kier molecular flexibility index (Phi) is 3.19. The quantitative estimate of drug-likeness (QED) is 0.877. The summed E-state index contributed by atoms with van der Waals surface area (Å²) in [6.07, 6.45) is 0. The predicted octanol–water partition coefficient (Wildman–Crippen LogP) is 2.71. The van der Waals surface area contributed by atoms with Gasteiger partial charge in [-0.3, -0.25) is 0 Å². The van der Waals surface area contributed by atoms with Gasteiger partial charge in [0.15, 0.2) is 22.3 Å². The van der Waals surface area contributed by atoms with Crippen molar-refractivity contribution in [3.8, 4) is 11.5 Å². The smallest absolute Gasteiger partial charge is 0.357 e. The van der Waals surface area contributed by atoms with Crippen molar-refractivity contribution in [2.75, 3.05) is 19.2 Å². The van der Waals surface area contributed by atoms with Crippen LogP contribution in [0, 0.1) is 6.92 Å². The third kappa shape index (κ3) is 2.27. The lowest BCUT2D eigenvalue weighted by Crippen LogP contribution is -2.03. The van der Waals surface area contributed by atoms with Gasteiger partial charge in [0, 0.05) is 16.6 Å². The van der Waals surface area contributed by atoms with Crippen molar-refractivity contribution >= 4 is 28.1 Å². The van der Waals surface area contributed by atoms with Gasteiger partial charge in [-0.1, -0.05) is 0 Å². The molecule has 0 atom stereocenters. The van der Waals surface area contributed by atoms with Crippen molar-refractivity contribution < 1.29 is 19.0 Å². The summed E-state index contributed by atoms with van der Waals surface area (Å²) in [5.41, 5.74) is 1.15. The highest BCUT2D eigenvalue weighted by Crippen LogP contribution is 2.35. The van der Waals surface area contributed by atoms with Crippen LogP contribution in [0.25, 0.3) is 0 Å². The number of benzene rings is 1. The summed E-state index contributed by atoms with van der Waals surface area (Å²) in [5, 5.41) is 3.76. The van der Waals surface area contributed by atoms with Crippen molar-refractivity contribution in [1.29, 1.82) is 0 Å². The molecular formula is C13H12N2O4S. The van der Waals surface area contributed by atoms with Crippen molar-refractivity contribution in [2.45, 2.75) is 6.92 Å². The SMILES string of the molecule is COC(=O)c1nc(Nc2ccc3c(c2)OCO3)sc1C. The summed E-state index contributed by atoms with van der Waals surface area (Å²) in [4.78, 5) is 16.5. The number of fused-ring (bicyclic) bond motifs is 1. The van der Waals surface area contributed by atoms with Crippen molar-refractivity contribution in [2.24, 2.45) is 0 Å². The number of aryl methyl sites for hydroxylation is 1. The summed E-state index contributed by atoms with van der Waals surface area (Å²) < 4.78 is 15.2. The lowest BCUT2D eigenvalue weighted by molar-refractivity contribution is 0.0594. The largest absolute Gasteiger partial charge is 0.464 e. The fraction of sp³-hybridized carbons (Fsp3) is 0.231. The first kappa shape index (κ1) is 12.7. The summed E-state index contributed by atoms with van der Waals surface area (Å²) in [7, 11) is 1.34. The van der Waals surface area contributed by atoms with E-state index in [4.69, 9.17) is 9.47 Å². The minimum absolute atomic E-state index is 0.238. The number of esters is 1. The Morgan fingerprint density at radius 1 is 1.40 bits per heavy atom. The fourth-order valence-corrected chi connectivity index (χ4v) is 2.66. The third-order valence-electron chi connectivity index (χ3n) is 2.80. The van der Waals surface area contributed by atoms with Gasteiger partial charge in [-0.15, -0.1) is 11.3 Å². The number of hydrogen-bond acceptors (Lipinski definition) is 7. The van der Waals surface area contributed by atoms with Crippen LogP contribution < -0.4 is 14.8 Å². The molecule has 0 spiro atoms. The molecule has 3 rings (SSSR count). The molecule has 6 nitrogen and oxygen atoms in total. The van der Waals surface area contributed by atoms with Crippen LogP contribution in [0.3, 0.4) is 0 Å². The van der Waals surface area contributed by atoms with Gasteiger partial charge in [0.2, 0.25) is 6.79 Å². The summed E-state index contributed by atoms with van der Waals surface area (Å²) >= 11 is 1.39.